The first kappa shape index (κ1) is 28.4. The van der Waals surface area contributed by atoms with E-state index in [1.807, 2.05) is 45.0 Å². The molecule has 0 heterocycles. The molecule has 0 saturated heterocycles. The number of nitrogens with one attached hydrogen (secondary N) is 1. The average Bonchev–Trinajstić information content (AvgIpc) is 2.87. The van der Waals surface area contributed by atoms with E-state index in [1.165, 1.54) is 17.0 Å². The number of carbonyl (C=O) groups excluding carboxylic acids is 2. The molecule has 7 nitrogen and oxygen atoms in total. The zero-order valence-corrected chi connectivity index (χ0v) is 23.8. The highest BCUT2D eigenvalue weighted by Crippen LogP contribution is 2.26. The van der Waals surface area contributed by atoms with Gasteiger partial charge in [0.1, 0.15) is 12.6 Å². The second-order valence-corrected chi connectivity index (χ2v) is 11.6. The third-order valence-electron chi connectivity index (χ3n) is 6.12. The average molecular weight is 587 g/mol. The van der Waals surface area contributed by atoms with E-state index in [9.17, 15) is 18.0 Å². The van der Waals surface area contributed by atoms with Crippen LogP contribution in [-0.2, 0) is 26.2 Å². The van der Waals surface area contributed by atoms with Crippen LogP contribution in [0.5, 0.6) is 0 Å². The lowest BCUT2D eigenvalue weighted by molar-refractivity contribution is -0.139. The zero-order valence-electron chi connectivity index (χ0n) is 21.4. The van der Waals surface area contributed by atoms with Crippen molar-refractivity contribution in [2.75, 3.05) is 17.4 Å². The van der Waals surface area contributed by atoms with Crippen LogP contribution in [0.2, 0.25) is 0 Å². The van der Waals surface area contributed by atoms with Gasteiger partial charge in [0.2, 0.25) is 11.8 Å². The van der Waals surface area contributed by atoms with Crippen LogP contribution < -0.4 is 9.62 Å². The maximum Gasteiger partial charge on any atom is 0.264 e. The van der Waals surface area contributed by atoms with Gasteiger partial charge in [0.25, 0.3) is 10.0 Å². The monoisotopic (exact) mass is 585 g/mol. The van der Waals surface area contributed by atoms with E-state index in [2.05, 4.69) is 21.2 Å². The predicted octanol–water partition coefficient (Wildman–Crippen LogP) is 4.81. The number of aryl methyl sites for hydroxylation is 2. The summed E-state index contributed by atoms with van der Waals surface area (Å²) in [5.74, 6) is -0.790. The SMILES string of the molecule is CCNC(=O)C(C)N(Cc1ccccc1C)C(=O)CN(c1ccc(Br)cc1)S(=O)(=O)c1ccc(C)cc1. The van der Waals surface area contributed by atoms with Crippen LogP contribution in [-0.4, -0.2) is 44.3 Å². The Bertz CT molecular complexity index is 1340. The third-order valence-corrected chi connectivity index (χ3v) is 8.44. The van der Waals surface area contributed by atoms with E-state index >= 15 is 0 Å². The minimum atomic E-state index is -4.08. The van der Waals surface area contributed by atoms with E-state index in [4.69, 9.17) is 0 Å². The molecule has 0 aromatic heterocycles. The summed E-state index contributed by atoms with van der Waals surface area (Å²) < 4.78 is 29.4. The quantitative estimate of drug-likeness (QED) is 0.370. The van der Waals surface area contributed by atoms with Gasteiger partial charge in [-0.1, -0.05) is 57.9 Å². The number of nitrogens with zero attached hydrogens (tertiary/aromatic N) is 2. The first-order valence-electron chi connectivity index (χ1n) is 12.0. The largest absolute Gasteiger partial charge is 0.355 e. The van der Waals surface area contributed by atoms with Crippen LogP contribution in [0.3, 0.4) is 0 Å². The molecule has 0 aliphatic carbocycles. The summed E-state index contributed by atoms with van der Waals surface area (Å²) in [6, 6.07) is 20.0. The van der Waals surface area contributed by atoms with E-state index in [1.54, 1.807) is 43.3 Å². The smallest absolute Gasteiger partial charge is 0.264 e. The van der Waals surface area contributed by atoms with Crippen molar-refractivity contribution >= 4 is 43.5 Å². The maximum atomic E-state index is 13.8. The Balaban J connectivity index is 2.03. The molecule has 37 heavy (non-hydrogen) atoms. The van der Waals surface area contributed by atoms with Gasteiger partial charge in [0.05, 0.1) is 10.6 Å². The number of likely N-dealkylation sites (N-methyl/N-ethyl adjacent to an activating group) is 1. The topological polar surface area (TPSA) is 86.8 Å². The fourth-order valence-corrected chi connectivity index (χ4v) is 5.53. The molecule has 1 unspecified atom stereocenters. The molecule has 196 valence electrons. The van der Waals surface area contributed by atoms with Gasteiger partial charge in [-0.2, -0.15) is 0 Å². The number of carbonyl (C=O) groups is 2. The summed E-state index contributed by atoms with van der Waals surface area (Å²) in [7, 11) is -4.08. The second kappa shape index (κ2) is 12.4. The molecular weight excluding hydrogens is 554 g/mol. The normalized spacial score (nSPS) is 12.0. The van der Waals surface area contributed by atoms with Gasteiger partial charge in [-0.3, -0.25) is 13.9 Å². The highest BCUT2D eigenvalue weighted by Gasteiger charge is 2.32. The molecule has 3 aromatic carbocycles. The molecule has 0 saturated carbocycles. The number of halogens is 1. The lowest BCUT2D eigenvalue weighted by atomic mass is 10.1. The summed E-state index contributed by atoms with van der Waals surface area (Å²) in [5, 5.41) is 2.76. The van der Waals surface area contributed by atoms with E-state index in [0.717, 1.165) is 25.5 Å². The van der Waals surface area contributed by atoms with Gasteiger partial charge in [-0.05, 0) is 75.2 Å². The number of benzene rings is 3. The van der Waals surface area contributed by atoms with Gasteiger partial charge in [-0.25, -0.2) is 8.42 Å². The fourth-order valence-electron chi connectivity index (χ4n) is 3.85. The van der Waals surface area contributed by atoms with Crippen molar-refractivity contribution in [2.24, 2.45) is 0 Å². The minimum Gasteiger partial charge on any atom is -0.355 e. The van der Waals surface area contributed by atoms with Crippen molar-refractivity contribution < 1.29 is 18.0 Å². The van der Waals surface area contributed by atoms with E-state index in [0.29, 0.717) is 12.2 Å². The van der Waals surface area contributed by atoms with E-state index < -0.39 is 28.5 Å². The van der Waals surface area contributed by atoms with Crippen molar-refractivity contribution in [3.8, 4) is 0 Å². The summed E-state index contributed by atoms with van der Waals surface area (Å²) in [6.45, 7) is 7.39. The number of rotatable bonds is 10. The van der Waals surface area contributed by atoms with Gasteiger partial charge in [-0.15, -0.1) is 0 Å². The van der Waals surface area contributed by atoms with Crippen LogP contribution in [0.4, 0.5) is 5.69 Å². The fraction of sp³-hybridized carbons (Fsp3) is 0.286. The van der Waals surface area contributed by atoms with Crippen LogP contribution >= 0.6 is 15.9 Å². The molecule has 0 aliphatic heterocycles. The zero-order chi connectivity index (χ0) is 27.2. The lowest BCUT2D eigenvalue weighted by Crippen LogP contribution is -2.51. The van der Waals surface area contributed by atoms with Crippen LogP contribution in [0.25, 0.3) is 0 Å². The molecule has 0 fully saturated rings. The Hall–Kier alpha value is -3.17. The maximum absolute atomic E-state index is 13.8. The van der Waals surface area contributed by atoms with Crippen molar-refractivity contribution in [3.05, 3.63) is 94.0 Å². The number of hydrogen-bond acceptors (Lipinski definition) is 4. The highest BCUT2D eigenvalue weighted by atomic mass is 79.9. The van der Waals surface area contributed by atoms with E-state index in [-0.39, 0.29) is 17.3 Å². The summed E-state index contributed by atoms with van der Waals surface area (Å²) in [6.07, 6.45) is 0. The molecule has 9 heteroatoms. The number of anilines is 1. The Morgan fingerprint density at radius 3 is 2.16 bits per heavy atom. The Morgan fingerprint density at radius 2 is 1.57 bits per heavy atom. The summed E-state index contributed by atoms with van der Waals surface area (Å²) in [4.78, 5) is 28.1. The van der Waals surface area contributed by atoms with Crippen LogP contribution in [0.15, 0.2) is 82.2 Å². The van der Waals surface area contributed by atoms with Crippen LogP contribution in [0.1, 0.15) is 30.5 Å². The molecular formula is C28H32BrN3O4S. The third kappa shape index (κ3) is 6.99. The van der Waals surface area contributed by atoms with Crippen molar-refractivity contribution in [1.82, 2.24) is 10.2 Å². The molecule has 2 amide bonds. The summed E-state index contributed by atoms with van der Waals surface area (Å²) in [5.41, 5.74) is 3.12. The number of sulfonamides is 1. The molecule has 1 N–H and O–H groups in total. The molecule has 3 rings (SSSR count). The second-order valence-electron chi connectivity index (χ2n) is 8.82. The molecule has 1 atom stereocenters. The molecule has 0 radical (unpaired) electrons. The highest BCUT2D eigenvalue weighted by molar-refractivity contribution is 9.10. The molecule has 0 spiro atoms. The number of hydrogen-bond donors (Lipinski definition) is 1. The minimum absolute atomic E-state index is 0.0797. The Labute approximate surface area is 227 Å². The first-order chi connectivity index (χ1) is 17.5. The molecule has 0 aliphatic rings. The van der Waals surface area contributed by atoms with Crippen molar-refractivity contribution in [2.45, 2.75) is 45.2 Å². The van der Waals surface area contributed by atoms with Gasteiger partial charge in [0, 0.05) is 17.6 Å². The van der Waals surface area contributed by atoms with Crippen molar-refractivity contribution in [1.29, 1.82) is 0 Å². The lowest BCUT2D eigenvalue weighted by Gasteiger charge is -2.32. The van der Waals surface area contributed by atoms with Gasteiger partial charge < -0.3 is 10.2 Å². The Kier molecular flexibility index (Phi) is 9.50. The summed E-state index contributed by atoms with van der Waals surface area (Å²) >= 11 is 3.38. The van der Waals surface area contributed by atoms with Crippen molar-refractivity contribution in [3.63, 3.8) is 0 Å². The standard InChI is InChI=1S/C28H32BrN3O4S/c1-5-30-28(34)22(4)31(18-23-9-7-6-8-21(23)3)27(33)19-32(25-14-12-24(29)13-15-25)37(35,36)26-16-10-20(2)11-17-26/h6-17,22H,5,18-19H2,1-4H3,(H,30,34). The molecule has 3 aromatic rings. The predicted molar refractivity (Wildman–Crippen MR) is 150 cm³/mol. The molecule has 0 bridgehead atoms. The van der Waals surface area contributed by atoms with Crippen LogP contribution in [0, 0.1) is 13.8 Å². The van der Waals surface area contributed by atoms with Gasteiger partial charge in [0.15, 0.2) is 0 Å². The number of amides is 2. The van der Waals surface area contributed by atoms with Gasteiger partial charge >= 0.3 is 0 Å². The first-order valence-corrected chi connectivity index (χ1v) is 14.2. The Morgan fingerprint density at radius 1 is 0.946 bits per heavy atom.